The molecule has 0 aliphatic heterocycles. The van der Waals surface area contributed by atoms with Crippen LogP contribution in [0.4, 0.5) is 0 Å². The summed E-state index contributed by atoms with van der Waals surface area (Å²) in [6.07, 6.45) is 6.22. The van der Waals surface area contributed by atoms with Crippen LogP contribution >= 0.6 is 0 Å². The highest BCUT2D eigenvalue weighted by molar-refractivity contribution is 5.34. The summed E-state index contributed by atoms with van der Waals surface area (Å²) < 4.78 is 7.55. The zero-order valence-corrected chi connectivity index (χ0v) is 13.2. The van der Waals surface area contributed by atoms with E-state index in [9.17, 15) is 0 Å². The molecule has 0 amide bonds. The minimum absolute atomic E-state index is 0.174. The number of nitrogens with one attached hydrogen (secondary N) is 1. The second-order valence-electron chi connectivity index (χ2n) is 5.21. The molecular formula is C17H25N3O. The number of benzene rings is 1. The highest BCUT2D eigenvalue weighted by Crippen LogP contribution is 2.23. The lowest BCUT2D eigenvalue weighted by Gasteiger charge is -2.17. The van der Waals surface area contributed by atoms with Gasteiger partial charge in [0.05, 0.1) is 18.8 Å². The zero-order valence-electron chi connectivity index (χ0n) is 13.2. The van der Waals surface area contributed by atoms with E-state index in [1.165, 1.54) is 11.1 Å². The maximum atomic E-state index is 5.71. The summed E-state index contributed by atoms with van der Waals surface area (Å²) in [4.78, 5) is 0. The summed E-state index contributed by atoms with van der Waals surface area (Å²) in [7, 11) is 1.94. The van der Waals surface area contributed by atoms with Crippen molar-refractivity contribution in [3.63, 3.8) is 0 Å². The van der Waals surface area contributed by atoms with Crippen molar-refractivity contribution >= 4 is 0 Å². The van der Waals surface area contributed by atoms with Gasteiger partial charge in [-0.2, -0.15) is 5.10 Å². The Kier molecular flexibility index (Phi) is 5.81. The van der Waals surface area contributed by atoms with Crippen molar-refractivity contribution in [2.45, 2.75) is 32.7 Å². The minimum atomic E-state index is 0.174. The monoisotopic (exact) mass is 287 g/mol. The van der Waals surface area contributed by atoms with Crippen LogP contribution in [0.1, 0.15) is 43.9 Å². The van der Waals surface area contributed by atoms with Crippen molar-refractivity contribution in [2.24, 2.45) is 7.05 Å². The second-order valence-corrected chi connectivity index (χ2v) is 5.21. The number of rotatable bonds is 8. The third-order valence-corrected chi connectivity index (χ3v) is 3.45. The Morgan fingerprint density at radius 2 is 1.95 bits per heavy atom. The van der Waals surface area contributed by atoms with Crippen molar-refractivity contribution in [2.75, 3.05) is 13.2 Å². The summed E-state index contributed by atoms with van der Waals surface area (Å²) in [6.45, 7) is 5.98. The van der Waals surface area contributed by atoms with Crippen molar-refractivity contribution in [1.29, 1.82) is 0 Å². The summed E-state index contributed by atoms with van der Waals surface area (Å²) >= 11 is 0. The zero-order chi connectivity index (χ0) is 15.1. The maximum absolute atomic E-state index is 5.71. The van der Waals surface area contributed by atoms with Gasteiger partial charge in [-0.3, -0.25) is 4.68 Å². The molecule has 1 aromatic carbocycles. The lowest BCUT2D eigenvalue weighted by atomic mass is 10.0. The number of aromatic nitrogens is 2. The first-order valence-corrected chi connectivity index (χ1v) is 7.69. The minimum Gasteiger partial charge on any atom is -0.494 e. The van der Waals surface area contributed by atoms with Crippen LogP contribution < -0.4 is 10.1 Å². The van der Waals surface area contributed by atoms with E-state index in [0.717, 1.165) is 31.7 Å². The van der Waals surface area contributed by atoms with Gasteiger partial charge in [-0.15, -0.1) is 0 Å². The topological polar surface area (TPSA) is 39.1 Å². The fraction of sp³-hybridized carbons (Fsp3) is 0.471. The Bertz CT molecular complexity index is 533. The van der Waals surface area contributed by atoms with Crippen molar-refractivity contribution < 1.29 is 4.74 Å². The quantitative estimate of drug-likeness (QED) is 0.757. The van der Waals surface area contributed by atoms with E-state index < -0.39 is 0 Å². The average Bonchev–Trinajstić information content (AvgIpc) is 2.92. The average molecular weight is 287 g/mol. The van der Waals surface area contributed by atoms with E-state index in [-0.39, 0.29) is 6.04 Å². The highest BCUT2D eigenvalue weighted by atomic mass is 16.5. The van der Waals surface area contributed by atoms with Gasteiger partial charge < -0.3 is 10.1 Å². The van der Waals surface area contributed by atoms with Gasteiger partial charge in [-0.25, -0.2) is 0 Å². The van der Waals surface area contributed by atoms with Crippen molar-refractivity contribution in [3.8, 4) is 5.75 Å². The predicted molar refractivity (Wildman–Crippen MR) is 85.6 cm³/mol. The van der Waals surface area contributed by atoms with Gasteiger partial charge in [-0.05, 0) is 30.7 Å². The Morgan fingerprint density at radius 1 is 1.19 bits per heavy atom. The van der Waals surface area contributed by atoms with Crippen LogP contribution in [0, 0.1) is 0 Å². The Balaban J connectivity index is 2.10. The number of nitrogens with zero attached hydrogens (tertiary/aromatic N) is 2. The molecule has 0 aliphatic carbocycles. The first-order chi connectivity index (χ1) is 10.2. The highest BCUT2D eigenvalue weighted by Gasteiger charge is 2.14. The van der Waals surface area contributed by atoms with Crippen LogP contribution in [-0.2, 0) is 7.05 Å². The van der Waals surface area contributed by atoms with Crippen LogP contribution in [0.15, 0.2) is 36.7 Å². The van der Waals surface area contributed by atoms with E-state index in [4.69, 9.17) is 4.74 Å². The number of unbranched alkanes of at least 4 members (excludes halogenated alkanes) is 1. The molecule has 0 saturated carbocycles. The van der Waals surface area contributed by atoms with Gasteiger partial charge in [-0.1, -0.05) is 32.4 Å². The number of hydrogen-bond acceptors (Lipinski definition) is 3. The Labute approximate surface area is 127 Å². The molecule has 0 spiro atoms. The number of hydrogen-bond donors (Lipinski definition) is 1. The Hall–Kier alpha value is -1.81. The van der Waals surface area contributed by atoms with Crippen molar-refractivity contribution in [3.05, 3.63) is 47.8 Å². The van der Waals surface area contributed by atoms with Gasteiger partial charge in [0, 0.05) is 18.8 Å². The normalized spacial score (nSPS) is 12.3. The molecule has 0 radical (unpaired) electrons. The molecule has 0 fully saturated rings. The van der Waals surface area contributed by atoms with Gasteiger partial charge in [0.1, 0.15) is 5.75 Å². The standard InChI is InChI=1S/C17H25N3O/c1-4-6-11-21-16-9-7-14(8-10-16)17(18-5-2)15-12-19-20(3)13-15/h7-10,12-13,17-18H,4-6,11H2,1-3H3. The predicted octanol–water partition coefficient (Wildman–Crippen LogP) is 3.30. The first kappa shape index (κ1) is 15.6. The smallest absolute Gasteiger partial charge is 0.119 e. The summed E-state index contributed by atoms with van der Waals surface area (Å²) in [5, 5.41) is 7.77. The van der Waals surface area contributed by atoms with Crippen LogP contribution in [0.5, 0.6) is 5.75 Å². The van der Waals surface area contributed by atoms with E-state index in [1.54, 1.807) is 0 Å². The van der Waals surface area contributed by atoms with Crippen LogP contribution in [0.2, 0.25) is 0 Å². The van der Waals surface area contributed by atoms with E-state index in [0.29, 0.717) is 0 Å². The molecular weight excluding hydrogens is 262 g/mol. The molecule has 0 aliphatic rings. The SMILES string of the molecule is CCCCOc1ccc(C(NCC)c2cnn(C)c2)cc1. The third-order valence-electron chi connectivity index (χ3n) is 3.45. The largest absolute Gasteiger partial charge is 0.494 e. The molecule has 0 bridgehead atoms. The van der Waals surface area contributed by atoms with E-state index in [1.807, 2.05) is 30.1 Å². The van der Waals surface area contributed by atoms with Crippen molar-refractivity contribution in [1.82, 2.24) is 15.1 Å². The van der Waals surface area contributed by atoms with Gasteiger partial charge >= 0.3 is 0 Å². The molecule has 0 saturated heterocycles. The van der Waals surface area contributed by atoms with Gasteiger partial charge in [0.15, 0.2) is 0 Å². The first-order valence-electron chi connectivity index (χ1n) is 7.69. The molecule has 4 nitrogen and oxygen atoms in total. The molecule has 1 atom stereocenters. The van der Waals surface area contributed by atoms with Gasteiger partial charge in [0.25, 0.3) is 0 Å². The molecule has 4 heteroatoms. The van der Waals surface area contributed by atoms with Gasteiger partial charge in [0.2, 0.25) is 0 Å². The molecule has 114 valence electrons. The summed E-state index contributed by atoms with van der Waals surface area (Å²) in [5.74, 6) is 0.939. The summed E-state index contributed by atoms with van der Waals surface area (Å²) in [6, 6.07) is 8.52. The third kappa shape index (κ3) is 4.33. The van der Waals surface area contributed by atoms with E-state index in [2.05, 4.69) is 42.6 Å². The number of aryl methyl sites for hydroxylation is 1. The lowest BCUT2D eigenvalue weighted by Crippen LogP contribution is -2.21. The maximum Gasteiger partial charge on any atom is 0.119 e. The van der Waals surface area contributed by atoms with Crippen LogP contribution in [-0.4, -0.2) is 22.9 Å². The fourth-order valence-corrected chi connectivity index (χ4v) is 2.31. The van der Waals surface area contributed by atoms with Crippen LogP contribution in [0.25, 0.3) is 0 Å². The molecule has 2 aromatic rings. The Morgan fingerprint density at radius 3 is 2.52 bits per heavy atom. The van der Waals surface area contributed by atoms with Crippen LogP contribution in [0.3, 0.4) is 0 Å². The van der Waals surface area contributed by atoms with E-state index >= 15 is 0 Å². The summed E-state index contributed by atoms with van der Waals surface area (Å²) in [5.41, 5.74) is 2.41. The molecule has 1 aromatic heterocycles. The molecule has 1 heterocycles. The molecule has 21 heavy (non-hydrogen) atoms. The lowest BCUT2D eigenvalue weighted by molar-refractivity contribution is 0.309. The molecule has 2 rings (SSSR count). The molecule has 1 N–H and O–H groups in total. The second kappa shape index (κ2) is 7.84. The number of ether oxygens (including phenoxy) is 1. The molecule has 1 unspecified atom stereocenters. The fourth-order valence-electron chi connectivity index (χ4n) is 2.31.